The minimum Gasteiger partial charge on any atom is -0.497 e. The first-order chi connectivity index (χ1) is 17.3. The molecule has 0 spiro atoms. The number of methoxy groups -OCH3 is 1. The first kappa shape index (κ1) is 25.0. The number of esters is 1. The number of hydrogen-bond donors (Lipinski definition) is 2. The number of anilines is 1. The number of ether oxygens (including phenoxy) is 2. The molecule has 36 heavy (non-hydrogen) atoms. The van der Waals surface area contributed by atoms with Gasteiger partial charge in [0.2, 0.25) is 0 Å². The lowest BCUT2D eigenvalue weighted by atomic mass is 9.82. The third-order valence-corrected chi connectivity index (χ3v) is 6.61. The zero-order valence-corrected chi connectivity index (χ0v) is 20.7. The third kappa shape index (κ3) is 5.10. The molecule has 2 heterocycles. The number of nitrogens with zero attached hydrogens (tertiary/aromatic N) is 2. The summed E-state index contributed by atoms with van der Waals surface area (Å²) in [6.07, 6.45) is 0. The normalized spacial score (nSPS) is 14.6. The number of carbonyl (C=O) groups excluding carboxylic acids is 1. The maximum atomic E-state index is 13.4. The van der Waals surface area contributed by atoms with Crippen LogP contribution in [0.25, 0.3) is 0 Å². The first-order valence-corrected chi connectivity index (χ1v) is 12.1. The van der Waals surface area contributed by atoms with Gasteiger partial charge in [-0.05, 0) is 37.1 Å². The van der Waals surface area contributed by atoms with E-state index >= 15 is 0 Å². The number of allylic oxidation sites excluding steroid dienone is 1. The molecule has 0 aliphatic carbocycles. The van der Waals surface area contributed by atoms with Gasteiger partial charge in [-0.15, -0.1) is 0 Å². The maximum absolute atomic E-state index is 13.4. The summed E-state index contributed by atoms with van der Waals surface area (Å²) < 4.78 is 10.7. The summed E-state index contributed by atoms with van der Waals surface area (Å²) in [5.41, 5.74) is 2.33. The number of nitro groups is 1. The van der Waals surface area contributed by atoms with Gasteiger partial charge in [0.15, 0.2) is 5.16 Å². The number of aromatic nitrogens is 2. The average Bonchev–Trinajstić information content (AvgIpc) is 2.87. The molecule has 0 bridgehead atoms. The summed E-state index contributed by atoms with van der Waals surface area (Å²) >= 11 is 1.29. The number of nitro benzene ring substituents is 1. The fourth-order valence-electron chi connectivity index (χ4n) is 4.00. The summed E-state index contributed by atoms with van der Waals surface area (Å²) in [5, 5.41) is 14.3. The Hall–Kier alpha value is -4.12. The molecule has 1 aromatic heterocycles. The lowest BCUT2D eigenvalue weighted by Gasteiger charge is -2.29. The van der Waals surface area contributed by atoms with E-state index in [2.05, 4.69) is 15.3 Å². The van der Waals surface area contributed by atoms with Crippen LogP contribution in [0.2, 0.25) is 0 Å². The number of fused-ring (bicyclic) bond motifs is 1. The van der Waals surface area contributed by atoms with Crippen molar-refractivity contribution >= 4 is 29.2 Å². The average molecular weight is 509 g/mol. The summed E-state index contributed by atoms with van der Waals surface area (Å²) in [5.74, 6) is 0.163. The van der Waals surface area contributed by atoms with Crippen molar-refractivity contribution in [3.05, 3.63) is 97.0 Å². The Kier molecular flexibility index (Phi) is 7.39. The van der Waals surface area contributed by atoms with Gasteiger partial charge in [-0.1, -0.05) is 36.0 Å². The van der Waals surface area contributed by atoms with Crippen molar-refractivity contribution in [2.45, 2.75) is 30.7 Å². The van der Waals surface area contributed by atoms with Crippen molar-refractivity contribution in [3.8, 4) is 5.75 Å². The van der Waals surface area contributed by atoms with E-state index in [-0.39, 0.29) is 17.9 Å². The molecule has 1 atom stereocenters. The molecule has 1 aliphatic heterocycles. The minimum atomic E-state index is -0.708. The SMILES string of the molecule is CCOC(=O)C1=C(C)Nc2nc(SCc3ccc([N+](=O)[O-])cc3)[nH]c(=O)c2C1c1cccc(OC)c1. The molecule has 0 saturated carbocycles. The van der Waals surface area contributed by atoms with E-state index in [0.29, 0.717) is 44.9 Å². The monoisotopic (exact) mass is 508 g/mol. The topological polar surface area (TPSA) is 136 Å². The number of H-pyrrole nitrogens is 1. The fraction of sp³-hybridized carbons (Fsp3) is 0.240. The molecule has 1 aliphatic rings. The molecule has 0 saturated heterocycles. The second-order valence-corrected chi connectivity index (χ2v) is 8.90. The van der Waals surface area contributed by atoms with Gasteiger partial charge >= 0.3 is 5.97 Å². The molecule has 10 nitrogen and oxygen atoms in total. The molecule has 4 rings (SSSR count). The summed E-state index contributed by atoms with van der Waals surface area (Å²) in [7, 11) is 1.55. The third-order valence-electron chi connectivity index (χ3n) is 5.67. The molecule has 3 aromatic rings. The van der Waals surface area contributed by atoms with Gasteiger partial charge in [0.1, 0.15) is 11.6 Å². The first-order valence-electron chi connectivity index (χ1n) is 11.1. The predicted octanol–water partition coefficient (Wildman–Crippen LogP) is 4.37. The van der Waals surface area contributed by atoms with Gasteiger partial charge in [-0.25, -0.2) is 9.78 Å². The molecule has 2 aromatic carbocycles. The maximum Gasteiger partial charge on any atom is 0.336 e. The van der Waals surface area contributed by atoms with E-state index in [1.165, 1.54) is 23.9 Å². The number of hydrogen-bond acceptors (Lipinski definition) is 9. The molecule has 1 unspecified atom stereocenters. The van der Waals surface area contributed by atoms with Gasteiger partial charge in [0.25, 0.3) is 11.2 Å². The zero-order valence-electron chi connectivity index (χ0n) is 19.9. The molecule has 0 amide bonds. The Labute approximate surface area is 210 Å². The number of carbonyl (C=O) groups is 1. The van der Waals surface area contributed by atoms with Crippen molar-refractivity contribution < 1.29 is 19.2 Å². The Morgan fingerprint density at radius 2 is 1.97 bits per heavy atom. The van der Waals surface area contributed by atoms with Crippen LogP contribution in [-0.4, -0.2) is 34.6 Å². The molecule has 186 valence electrons. The number of rotatable bonds is 8. The number of thioether (sulfide) groups is 1. The summed E-state index contributed by atoms with van der Waals surface area (Å²) in [6.45, 7) is 3.66. The molecule has 0 radical (unpaired) electrons. The van der Waals surface area contributed by atoms with Crippen LogP contribution in [-0.2, 0) is 15.3 Å². The van der Waals surface area contributed by atoms with Gasteiger partial charge < -0.3 is 19.8 Å². The standard InChI is InChI=1S/C25H24N4O6S/c1-4-35-24(31)19-14(2)26-22-21(20(19)16-6-5-7-18(12-16)34-3)23(30)28-25(27-22)36-13-15-8-10-17(11-9-15)29(32)33/h5-12,20H,4,13H2,1-3H3,(H2,26,27,28,30). The smallest absolute Gasteiger partial charge is 0.336 e. The van der Waals surface area contributed by atoms with E-state index < -0.39 is 16.8 Å². The van der Waals surface area contributed by atoms with E-state index in [0.717, 1.165) is 5.56 Å². The number of nitrogens with one attached hydrogen (secondary N) is 2. The van der Waals surface area contributed by atoms with Gasteiger partial charge in [0.05, 0.1) is 35.7 Å². The van der Waals surface area contributed by atoms with Crippen LogP contribution < -0.4 is 15.6 Å². The number of aromatic amines is 1. The van der Waals surface area contributed by atoms with Gasteiger partial charge in [-0.3, -0.25) is 14.9 Å². The Morgan fingerprint density at radius 3 is 2.64 bits per heavy atom. The minimum absolute atomic E-state index is 0.0107. The fourth-order valence-corrected chi connectivity index (χ4v) is 4.82. The zero-order chi connectivity index (χ0) is 25.8. The van der Waals surface area contributed by atoms with E-state index in [4.69, 9.17) is 9.47 Å². The Balaban J connectivity index is 1.71. The molecular weight excluding hydrogens is 484 g/mol. The van der Waals surface area contributed by atoms with Crippen LogP contribution in [0.3, 0.4) is 0 Å². The number of non-ortho nitro benzene ring substituents is 1. The lowest BCUT2D eigenvalue weighted by Crippen LogP contribution is -2.31. The second-order valence-electron chi connectivity index (χ2n) is 7.94. The quantitative estimate of drug-likeness (QED) is 0.149. The van der Waals surface area contributed by atoms with Crippen LogP contribution in [0.1, 0.15) is 36.5 Å². The van der Waals surface area contributed by atoms with Crippen LogP contribution in [0.5, 0.6) is 5.75 Å². The van der Waals surface area contributed by atoms with Gasteiger partial charge in [0, 0.05) is 23.6 Å². The van der Waals surface area contributed by atoms with Crippen LogP contribution in [0.4, 0.5) is 11.5 Å². The Bertz CT molecular complexity index is 1400. The van der Waals surface area contributed by atoms with E-state index in [9.17, 15) is 19.7 Å². The van der Waals surface area contributed by atoms with Crippen molar-refractivity contribution in [2.75, 3.05) is 19.0 Å². The molecule has 11 heteroatoms. The van der Waals surface area contributed by atoms with Gasteiger partial charge in [-0.2, -0.15) is 0 Å². The van der Waals surface area contributed by atoms with Crippen LogP contribution in [0, 0.1) is 10.1 Å². The van der Waals surface area contributed by atoms with E-state index in [1.807, 2.05) is 6.07 Å². The van der Waals surface area contributed by atoms with Crippen molar-refractivity contribution in [3.63, 3.8) is 0 Å². The largest absolute Gasteiger partial charge is 0.497 e. The molecule has 2 N–H and O–H groups in total. The highest BCUT2D eigenvalue weighted by atomic mass is 32.2. The van der Waals surface area contributed by atoms with Crippen molar-refractivity contribution in [1.82, 2.24) is 9.97 Å². The van der Waals surface area contributed by atoms with Crippen molar-refractivity contribution in [2.24, 2.45) is 0 Å². The molecule has 0 fully saturated rings. The lowest BCUT2D eigenvalue weighted by molar-refractivity contribution is -0.384. The predicted molar refractivity (Wildman–Crippen MR) is 135 cm³/mol. The highest BCUT2D eigenvalue weighted by Gasteiger charge is 2.36. The van der Waals surface area contributed by atoms with Crippen molar-refractivity contribution in [1.29, 1.82) is 0 Å². The number of benzene rings is 2. The molecular formula is C25H24N4O6S. The highest BCUT2D eigenvalue weighted by Crippen LogP contribution is 2.41. The second kappa shape index (κ2) is 10.6. The van der Waals surface area contributed by atoms with Crippen LogP contribution >= 0.6 is 11.8 Å². The summed E-state index contributed by atoms with van der Waals surface area (Å²) in [4.78, 5) is 44.1. The Morgan fingerprint density at radius 1 is 1.22 bits per heavy atom. The summed E-state index contributed by atoms with van der Waals surface area (Å²) in [6, 6.07) is 13.4. The highest BCUT2D eigenvalue weighted by molar-refractivity contribution is 7.98. The van der Waals surface area contributed by atoms with E-state index in [1.54, 1.807) is 51.3 Å². The van der Waals surface area contributed by atoms with Crippen LogP contribution in [0.15, 0.2) is 69.8 Å².